The molecular weight excluding hydrogens is 270 g/mol. The summed E-state index contributed by atoms with van der Waals surface area (Å²) in [4.78, 5) is 4.28. The van der Waals surface area contributed by atoms with Crippen LogP contribution in [0.2, 0.25) is 0 Å². The number of hydrogen-bond acceptors (Lipinski definition) is 5. The van der Waals surface area contributed by atoms with E-state index in [2.05, 4.69) is 4.98 Å². The lowest BCUT2D eigenvalue weighted by atomic mass is 10.2. The van der Waals surface area contributed by atoms with E-state index in [-0.39, 0.29) is 5.84 Å². The largest absolute Gasteiger partial charge is 0.493 e. The van der Waals surface area contributed by atoms with Gasteiger partial charge in [-0.15, -0.1) is 0 Å². The number of ether oxygens (including phenoxy) is 3. The van der Waals surface area contributed by atoms with Gasteiger partial charge >= 0.3 is 0 Å². The molecule has 0 bridgehead atoms. The van der Waals surface area contributed by atoms with Crippen LogP contribution in [0.15, 0.2) is 30.3 Å². The molecule has 1 heterocycles. The molecule has 2 aromatic rings. The fraction of sp³-hybridized carbons (Fsp3) is 0.200. The highest BCUT2D eigenvalue weighted by molar-refractivity contribution is 5.95. The molecule has 0 aliphatic rings. The highest BCUT2D eigenvalue weighted by atomic mass is 16.5. The topological polar surface area (TPSA) is 90.5 Å². The first-order valence-corrected chi connectivity index (χ1v) is 6.27. The van der Waals surface area contributed by atoms with Crippen molar-refractivity contribution in [3.8, 4) is 23.1 Å². The van der Waals surface area contributed by atoms with E-state index in [4.69, 9.17) is 25.4 Å². The normalized spacial score (nSPS) is 10.0. The zero-order chi connectivity index (χ0) is 15.4. The molecule has 21 heavy (non-hydrogen) atoms. The van der Waals surface area contributed by atoms with Crippen LogP contribution in [0.4, 0.5) is 0 Å². The van der Waals surface area contributed by atoms with Gasteiger partial charge in [-0.2, -0.15) is 0 Å². The lowest BCUT2D eigenvalue weighted by Crippen LogP contribution is -2.11. The van der Waals surface area contributed by atoms with Gasteiger partial charge in [-0.3, -0.25) is 5.41 Å². The molecule has 110 valence electrons. The van der Waals surface area contributed by atoms with Crippen LogP contribution in [0.3, 0.4) is 0 Å². The monoisotopic (exact) mass is 287 g/mol. The number of benzene rings is 1. The number of aryl methyl sites for hydroxylation is 1. The van der Waals surface area contributed by atoms with Gasteiger partial charge in [0.15, 0.2) is 11.5 Å². The smallest absolute Gasteiger partial charge is 0.220 e. The summed E-state index contributed by atoms with van der Waals surface area (Å²) in [5.74, 6) is 1.76. The zero-order valence-corrected chi connectivity index (χ0v) is 12.1. The molecule has 0 atom stereocenters. The molecule has 6 nitrogen and oxygen atoms in total. The number of rotatable bonds is 5. The van der Waals surface area contributed by atoms with Gasteiger partial charge in [0.1, 0.15) is 5.84 Å². The van der Waals surface area contributed by atoms with Gasteiger partial charge in [-0.05, 0) is 25.1 Å². The molecule has 0 unspecified atom stereocenters. The number of aromatic nitrogens is 1. The van der Waals surface area contributed by atoms with Crippen molar-refractivity contribution in [1.29, 1.82) is 5.41 Å². The number of para-hydroxylation sites is 1. The number of nitrogens with two attached hydrogens (primary N) is 1. The summed E-state index contributed by atoms with van der Waals surface area (Å²) in [6, 6.07) is 8.64. The van der Waals surface area contributed by atoms with Crippen molar-refractivity contribution in [2.45, 2.75) is 6.92 Å². The minimum absolute atomic E-state index is 0.0441. The number of hydrogen-bond donors (Lipinski definition) is 2. The summed E-state index contributed by atoms with van der Waals surface area (Å²) in [6.07, 6.45) is 0. The summed E-state index contributed by atoms with van der Waals surface area (Å²) >= 11 is 0. The number of nitrogens with one attached hydrogen (secondary N) is 1. The van der Waals surface area contributed by atoms with E-state index in [1.807, 2.05) is 0 Å². The van der Waals surface area contributed by atoms with Gasteiger partial charge < -0.3 is 19.9 Å². The van der Waals surface area contributed by atoms with Crippen LogP contribution in [0.5, 0.6) is 23.1 Å². The molecule has 0 saturated carbocycles. The van der Waals surface area contributed by atoms with Crippen LogP contribution in [0.25, 0.3) is 0 Å². The molecule has 6 heteroatoms. The minimum Gasteiger partial charge on any atom is -0.493 e. The average molecular weight is 287 g/mol. The Balaban J connectivity index is 2.45. The zero-order valence-electron chi connectivity index (χ0n) is 12.1. The molecule has 0 spiro atoms. The number of pyridine rings is 1. The number of amidine groups is 1. The molecule has 0 saturated heterocycles. The van der Waals surface area contributed by atoms with Gasteiger partial charge in [0, 0.05) is 17.3 Å². The van der Waals surface area contributed by atoms with Crippen molar-refractivity contribution in [3.05, 3.63) is 41.6 Å². The maximum atomic E-state index is 7.51. The van der Waals surface area contributed by atoms with Crippen LogP contribution >= 0.6 is 0 Å². The molecule has 3 N–H and O–H groups in total. The first-order valence-electron chi connectivity index (χ1n) is 6.27. The maximum absolute atomic E-state index is 7.51. The van der Waals surface area contributed by atoms with Crippen LogP contribution in [0, 0.1) is 12.3 Å². The van der Waals surface area contributed by atoms with Gasteiger partial charge in [0.2, 0.25) is 11.6 Å². The van der Waals surface area contributed by atoms with Crippen LogP contribution in [0.1, 0.15) is 11.3 Å². The Kier molecular flexibility index (Phi) is 4.27. The molecule has 2 rings (SSSR count). The predicted octanol–water partition coefficient (Wildman–Crippen LogP) is 2.48. The second-order valence-corrected chi connectivity index (χ2v) is 4.34. The lowest BCUT2D eigenvalue weighted by molar-refractivity contribution is 0.341. The minimum atomic E-state index is -0.0441. The standard InChI is InChI=1S/C15H17N3O3/c1-9-7-10(15(16)17)8-13(18-9)21-14-11(19-2)5-4-6-12(14)20-3/h4-8H,1-3H3,(H3,16,17). The summed E-state index contributed by atoms with van der Waals surface area (Å²) in [5, 5.41) is 7.51. The van der Waals surface area contributed by atoms with Gasteiger partial charge in [-0.1, -0.05) is 6.07 Å². The Hall–Kier alpha value is -2.76. The Bertz CT molecular complexity index is 649. The Labute approximate surface area is 123 Å². The average Bonchev–Trinajstić information content (AvgIpc) is 2.46. The van der Waals surface area contributed by atoms with Crippen molar-refractivity contribution in [2.75, 3.05) is 14.2 Å². The van der Waals surface area contributed by atoms with Gasteiger partial charge in [-0.25, -0.2) is 4.98 Å². The van der Waals surface area contributed by atoms with E-state index in [0.29, 0.717) is 34.4 Å². The summed E-state index contributed by atoms with van der Waals surface area (Å²) in [7, 11) is 3.10. The molecule has 0 amide bonds. The third-order valence-corrected chi connectivity index (χ3v) is 2.83. The molecule has 1 aromatic carbocycles. The van der Waals surface area contributed by atoms with E-state index in [9.17, 15) is 0 Å². The quantitative estimate of drug-likeness (QED) is 0.651. The van der Waals surface area contributed by atoms with Crippen molar-refractivity contribution in [3.63, 3.8) is 0 Å². The second kappa shape index (κ2) is 6.13. The number of nitrogen functional groups attached to an aromatic ring is 1. The highest BCUT2D eigenvalue weighted by Crippen LogP contribution is 2.39. The first-order chi connectivity index (χ1) is 10.0. The van der Waals surface area contributed by atoms with E-state index in [1.54, 1.807) is 51.5 Å². The van der Waals surface area contributed by atoms with Crippen LogP contribution < -0.4 is 19.9 Å². The molecule has 0 fully saturated rings. The van der Waals surface area contributed by atoms with Crippen LogP contribution in [-0.4, -0.2) is 25.0 Å². The lowest BCUT2D eigenvalue weighted by Gasteiger charge is -2.14. The summed E-state index contributed by atoms with van der Waals surface area (Å²) in [5.41, 5.74) is 6.76. The fourth-order valence-electron chi connectivity index (χ4n) is 1.87. The number of methoxy groups -OCH3 is 2. The van der Waals surface area contributed by atoms with Crippen molar-refractivity contribution in [2.24, 2.45) is 5.73 Å². The molecular formula is C15H17N3O3. The SMILES string of the molecule is COc1cccc(OC)c1Oc1cc(C(=N)N)cc(C)n1. The van der Waals surface area contributed by atoms with Gasteiger partial charge in [0.25, 0.3) is 0 Å². The summed E-state index contributed by atoms with van der Waals surface area (Å²) in [6.45, 7) is 1.80. The Morgan fingerprint density at radius 3 is 2.29 bits per heavy atom. The third-order valence-electron chi connectivity index (χ3n) is 2.83. The van der Waals surface area contributed by atoms with E-state index in [0.717, 1.165) is 0 Å². The fourth-order valence-corrected chi connectivity index (χ4v) is 1.87. The predicted molar refractivity (Wildman–Crippen MR) is 79.6 cm³/mol. The summed E-state index contributed by atoms with van der Waals surface area (Å²) < 4.78 is 16.3. The maximum Gasteiger partial charge on any atom is 0.220 e. The van der Waals surface area contributed by atoms with E-state index in [1.165, 1.54) is 0 Å². The Morgan fingerprint density at radius 1 is 1.14 bits per heavy atom. The van der Waals surface area contributed by atoms with Crippen molar-refractivity contribution in [1.82, 2.24) is 4.98 Å². The van der Waals surface area contributed by atoms with E-state index >= 15 is 0 Å². The van der Waals surface area contributed by atoms with Crippen molar-refractivity contribution >= 4 is 5.84 Å². The molecule has 1 aromatic heterocycles. The number of nitrogens with zero attached hydrogens (tertiary/aromatic N) is 1. The van der Waals surface area contributed by atoms with Gasteiger partial charge in [0.05, 0.1) is 14.2 Å². The Morgan fingerprint density at radius 2 is 1.76 bits per heavy atom. The molecule has 0 aliphatic heterocycles. The van der Waals surface area contributed by atoms with Crippen LogP contribution in [-0.2, 0) is 0 Å². The van der Waals surface area contributed by atoms with Crippen molar-refractivity contribution < 1.29 is 14.2 Å². The first kappa shape index (κ1) is 14.6. The second-order valence-electron chi connectivity index (χ2n) is 4.34. The highest BCUT2D eigenvalue weighted by Gasteiger charge is 2.14. The third kappa shape index (κ3) is 3.22. The molecule has 0 aliphatic carbocycles. The van der Waals surface area contributed by atoms with E-state index < -0.39 is 0 Å². The molecule has 0 radical (unpaired) electrons.